The molecule has 2 aliphatic heterocycles. The van der Waals surface area contributed by atoms with Gasteiger partial charge in [0.15, 0.2) is 0 Å². The van der Waals surface area contributed by atoms with Gasteiger partial charge in [-0.25, -0.2) is 0 Å². The van der Waals surface area contributed by atoms with Crippen molar-refractivity contribution in [2.24, 2.45) is 5.92 Å². The lowest BCUT2D eigenvalue weighted by atomic mass is 9.90. The molecule has 2 rings (SSSR count). The highest BCUT2D eigenvalue weighted by molar-refractivity contribution is 7.87. The number of hydrogen-bond acceptors (Lipinski definition) is 4. The third-order valence-corrected chi connectivity index (χ3v) is 5.19. The zero-order valence-electron chi connectivity index (χ0n) is 10.1. The van der Waals surface area contributed by atoms with E-state index in [2.05, 4.69) is 9.08 Å². The number of fused-ring (bicyclic) bond motifs is 2. The third-order valence-electron chi connectivity index (χ3n) is 4.13. The summed E-state index contributed by atoms with van der Waals surface area (Å²) in [4.78, 5) is 2.12. The summed E-state index contributed by atoms with van der Waals surface area (Å²) in [7, 11) is -3.56. The van der Waals surface area contributed by atoms with E-state index in [0.29, 0.717) is 6.42 Å². The molecule has 4 unspecified atom stereocenters. The van der Waals surface area contributed by atoms with Crippen LogP contribution in [0.2, 0.25) is 0 Å². The number of rotatable bonds is 2. The molecule has 0 aromatic carbocycles. The normalized spacial score (nSPS) is 38.1. The molecule has 4 atom stereocenters. The molecule has 2 bridgehead atoms. The van der Waals surface area contributed by atoms with Crippen LogP contribution in [-0.4, -0.2) is 44.1 Å². The van der Waals surface area contributed by atoms with Crippen LogP contribution < -0.4 is 0 Å². The highest BCUT2D eigenvalue weighted by atomic mass is 32.2. The molecule has 0 aromatic rings. The first-order valence-corrected chi connectivity index (χ1v) is 7.26. The number of piperidine rings is 1. The molecular formula is C10H16F3NO3S. The second-order valence-corrected chi connectivity index (χ2v) is 6.66. The number of alkyl halides is 3. The van der Waals surface area contributed by atoms with E-state index in [9.17, 15) is 21.6 Å². The third kappa shape index (κ3) is 2.25. The monoisotopic (exact) mass is 287 g/mol. The van der Waals surface area contributed by atoms with Gasteiger partial charge >= 0.3 is 15.6 Å². The van der Waals surface area contributed by atoms with Crippen molar-refractivity contribution in [3.05, 3.63) is 0 Å². The Labute approximate surface area is 104 Å². The lowest BCUT2D eigenvalue weighted by molar-refractivity contribution is -0.0655. The average molecular weight is 287 g/mol. The molecule has 0 aliphatic carbocycles. The minimum absolute atomic E-state index is 0.109. The van der Waals surface area contributed by atoms with Crippen molar-refractivity contribution in [1.29, 1.82) is 0 Å². The lowest BCUT2D eigenvalue weighted by Crippen LogP contribution is -2.50. The Morgan fingerprint density at radius 1 is 1.28 bits per heavy atom. The van der Waals surface area contributed by atoms with Gasteiger partial charge in [-0.2, -0.15) is 21.6 Å². The molecule has 4 nitrogen and oxygen atoms in total. The Morgan fingerprint density at radius 2 is 1.89 bits per heavy atom. The van der Waals surface area contributed by atoms with Crippen molar-refractivity contribution < 1.29 is 25.8 Å². The fraction of sp³-hybridized carbons (Fsp3) is 1.00. The van der Waals surface area contributed by atoms with E-state index in [1.54, 1.807) is 6.92 Å². The number of halogens is 3. The second-order valence-electron chi connectivity index (χ2n) is 5.09. The maximum atomic E-state index is 12.3. The summed E-state index contributed by atoms with van der Waals surface area (Å²) in [6, 6.07) is 0.233. The fourth-order valence-electron chi connectivity index (χ4n) is 3.03. The summed E-state index contributed by atoms with van der Waals surface area (Å²) >= 11 is 0. The van der Waals surface area contributed by atoms with E-state index in [4.69, 9.17) is 0 Å². The van der Waals surface area contributed by atoms with Crippen molar-refractivity contribution in [1.82, 2.24) is 4.90 Å². The van der Waals surface area contributed by atoms with Gasteiger partial charge in [0.05, 0.1) is 6.10 Å². The average Bonchev–Trinajstić information content (AvgIpc) is 2.47. The summed E-state index contributed by atoms with van der Waals surface area (Å²) in [5.41, 5.74) is -5.34. The molecule has 0 aromatic heterocycles. The SMILES string of the molecule is CC1C(OS(=O)(=O)C(F)(F)F)CC2CCC1N2C. The molecule has 0 spiro atoms. The summed E-state index contributed by atoms with van der Waals surface area (Å²) < 4.78 is 63.3. The quantitative estimate of drug-likeness (QED) is 0.573. The van der Waals surface area contributed by atoms with Gasteiger partial charge in [-0.15, -0.1) is 0 Å². The molecule has 2 saturated heterocycles. The van der Waals surface area contributed by atoms with Crippen LogP contribution in [0.15, 0.2) is 0 Å². The van der Waals surface area contributed by atoms with Gasteiger partial charge in [0, 0.05) is 12.1 Å². The maximum absolute atomic E-state index is 12.3. The van der Waals surface area contributed by atoms with Crippen molar-refractivity contribution >= 4 is 10.1 Å². The van der Waals surface area contributed by atoms with E-state index < -0.39 is 21.7 Å². The van der Waals surface area contributed by atoms with Crippen LogP contribution in [0.3, 0.4) is 0 Å². The molecule has 8 heteroatoms. The lowest BCUT2D eigenvalue weighted by Gasteiger charge is -2.40. The molecule has 0 amide bonds. The van der Waals surface area contributed by atoms with Gasteiger partial charge in [0.2, 0.25) is 0 Å². The fourth-order valence-corrected chi connectivity index (χ4v) is 3.72. The van der Waals surface area contributed by atoms with Crippen LogP contribution in [0.4, 0.5) is 13.2 Å². The molecule has 0 saturated carbocycles. The Balaban J connectivity index is 2.13. The van der Waals surface area contributed by atoms with Gasteiger partial charge in [-0.05, 0) is 32.2 Å². The van der Waals surface area contributed by atoms with E-state index >= 15 is 0 Å². The Bertz CT molecular complexity index is 423. The minimum atomic E-state index is -5.49. The van der Waals surface area contributed by atoms with Gasteiger partial charge in [0.25, 0.3) is 0 Å². The summed E-state index contributed by atoms with van der Waals surface area (Å²) in [5, 5.41) is 0. The molecule has 0 N–H and O–H groups in total. The largest absolute Gasteiger partial charge is 0.523 e. The number of nitrogens with zero attached hydrogens (tertiary/aromatic N) is 1. The minimum Gasteiger partial charge on any atom is -0.300 e. The van der Waals surface area contributed by atoms with E-state index in [0.717, 1.165) is 12.8 Å². The predicted octanol–water partition coefficient (Wildman–Crippen LogP) is 1.72. The van der Waals surface area contributed by atoms with Crippen LogP contribution in [0, 0.1) is 5.92 Å². The van der Waals surface area contributed by atoms with Gasteiger partial charge in [-0.3, -0.25) is 4.18 Å². The van der Waals surface area contributed by atoms with Gasteiger partial charge in [-0.1, -0.05) is 6.92 Å². The molecule has 2 fully saturated rings. The number of hydrogen-bond donors (Lipinski definition) is 0. The highest BCUT2D eigenvalue weighted by Crippen LogP contribution is 2.40. The first kappa shape index (κ1) is 14.1. The predicted molar refractivity (Wildman–Crippen MR) is 58.2 cm³/mol. The maximum Gasteiger partial charge on any atom is 0.523 e. The second kappa shape index (κ2) is 4.35. The van der Waals surface area contributed by atoms with Crippen molar-refractivity contribution in [3.63, 3.8) is 0 Å². The Hall–Kier alpha value is -0.340. The molecule has 2 heterocycles. The highest BCUT2D eigenvalue weighted by Gasteiger charge is 2.52. The standard InChI is InChI=1S/C10H16F3NO3S/c1-6-8-4-3-7(14(8)2)5-9(6)17-18(15,16)10(11,12)13/h6-9H,3-5H2,1-2H3. The van der Waals surface area contributed by atoms with E-state index in [1.807, 2.05) is 7.05 Å². The summed E-state index contributed by atoms with van der Waals surface area (Å²) in [6.07, 6.45) is 1.24. The van der Waals surface area contributed by atoms with E-state index in [-0.39, 0.29) is 18.0 Å². The van der Waals surface area contributed by atoms with Crippen LogP contribution in [0.5, 0.6) is 0 Å². The van der Waals surface area contributed by atoms with Crippen molar-refractivity contribution in [3.8, 4) is 0 Å². The van der Waals surface area contributed by atoms with Crippen LogP contribution in [0.25, 0.3) is 0 Å². The molecule has 0 radical (unpaired) electrons. The van der Waals surface area contributed by atoms with Crippen molar-refractivity contribution in [2.75, 3.05) is 7.05 Å². The Morgan fingerprint density at radius 3 is 2.44 bits per heavy atom. The molecular weight excluding hydrogens is 271 g/mol. The van der Waals surface area contributed by atoms with Gasteiger partial charge in [0.1, 0.15) is 0 Å². The molecule has 18 heavy (non-hydrogen) atoms. The first-order chi connectivity index (χ1) is 8.13. The smallest absolute Gasteiger partial charge is 0.300 e. The van der Waals surface area contributed by atoms with Crippen LogP contribution >= 0.6 is 0 Å². The van der Waals surface area contributed by atoms with Crippen LogP contribution in [0.1, 0.15) is 26.2 Å². The summed E-state index contributed by atoms with van der Waals surface area (Å²) in [5.74, 6) is -0.217. The Kier molecular flexibility index (Phi) is 3.40. The molecule has 106 valence electrons. The zero-order valence-corrected chi connectivity index (χ0v) is 11.0. The van der Waals surface area contributed by atoms with Crippen molar-refractivity contribution in [2.45, 2.75) is 49.9 Å². The summed E-state index contributed by atoms with van der Waals surface area (Å²) in [6.45, 7) is 1.75. The first-order valence-electron chi connectivity index (χ1n) is 5.85. The van der Waals surface area contributed by atoms with Gasteiger partial charge < -0.3 is 4.90 Å². The topological polar surface area (TPSA) is 46.6 Å². The molecule has 2 aliphatic rings. The zero-order chi connectivity index (χ0) is 13.7. The van der Waals surface area contributed by atoms with E-state index in [1.165, 1.54) is 0 Å². The van der Waals surface area contributed by atoms with Crippen LogP contribution in [-0.2, 0) is 14.3 Å².